The van der Waals surface area contributed by atoms with E-state index in [0.717, 1.165) is 11.3 Å². The number of aromatic hydroxyl groups is 1. The van der Waals surface area contributed by atoms with Crippen molar-refractivity contribution in [3.63, 3.8) is 0 Å². The number of fused-ring (bicyclic) bond motifs is 1. The lowest BCUT2D eigenvalue weighted by Gasteiger charge is -2.00. The van der Waals surface area contributed by atoms with Gasteiger partial charge in [0.2, 0.25) is 0 Å². The van der Waals surface area contributed by atoms with Crippen molar-refractivity contribution < 1.29 is 14.3 Å². The zero-order valence-corrected chi connectivity index (χ0v) is 13.9. The summed E-state index contributed by atoms with van der Waals surface area (Å²) < 4.78 is 10.4. The highest BCUT2D eigenvalue weighted by atomic mass is 32.1. The van der Waals surface area contributed by atoms with Gasteiger partial charge in [-0.2, -0.15) is 0 Å². The maximum Gasteiger partial charge on any atom is 0.346 e. The molecule has 0 fully saturated rings. The molecule has 0 saturated carbocycles. The monoisotopic (exact) mass is 352 g/mol. The fraction of sp³-hybridized carbons (Fsp3) is 0.0556. The Hall–Kier alpha value is -3.19. The minimum absolute atomic E-state index is 0.0427. The minimum atomic E-state index is -0.518. The molecule has 2 aromatic heterocycles. The molecule has 7 heteroatoms. The van der Waals surface area contributed by atoms with E-state index in [2.05, 4.69) is 10.2 Å². The van der Waals surface area contributed by atoms with Gasteiger partial charge in [0.15, 0.2) is 5.01 Å². The van der Waals surface area contributed by atoms with Crippen LogP contribution in [0.3, 0.4) is 0 Å². The third-order valence-corrected chi connectivity index (χ3v) is 4.72. The normalized spacial score (nSPS) is 10.9. The van der Waals surface area contributed by atoms with Gasteiger partial charge >= 0.3 is 5.63 Å². The first kappa shape index (κ1) is 15.3. The largest absolute Gasteiger partial charge is 0.508 e. The van der Waals surface area contributed by atoms with E-state index in [1.807, 2.05) is 24.3 Å². The number of benzene rings is 2. The van der Waals surface area contributed by atoms with Gasteiger partial charge in [-0.3, -0.25) is 0 Å². The summed E-state index contributed by atoms with van der Waals surface area (Å²) in [6.45, 7) is 0. The first-order chi connectivity index (χ1) is 12.1. The second-order valence-electron chi connectivity index (χ2n) is 5.31. The number of hydrogen-bond acceptors (Lipinski definition) is 7. The smallest absolute Gasteiger partial charge is 0.346 e. The third kappa shape index (κ3) is 2.85. The summed E-state index contributed by atoms with van der Waals surface area (Å²) in [6, 6.07) is 13.8. The van der Waals surface area contributed by atoms with E-state index in [0.29, 0.717) is 26.5 Å². The van der Waals surface area contributed by atoms with E-state index in [4.69, 9.17) is 9.15 Å². The fourth-order valence-electron chi connectivity index (χ4n) is 2.43. The Morgan fingerprint density at radius 3 is 2.56 bits per heavy atom. The molecule has 2 aromatic carbocycles. The molecule has 0 unspecified atom stereocenters. The van der Waals surface area contributed by atoms with Crippen molar-refractivity contribution in [2.45, 2.75) is 0 Å². The zero-order chi connectivity index (χ0) is 17.4. The van der Waals surface area contributed by atoms with Crippen LogP contribution in [0.4, 0.5) is 0 Å². The Morgan fingerprint density at radius 1 is 1.04 bits per heavy atom. The first-order valence-corrected chi connectivity index (χ1v) is 8.21. The Labute approximate surface area is 146 Å². The van der Waals surface area contributed by atoms with Crippen molar-refractivity contribution in [2.24, 2.45) is 0 Å². The highest BCUT2D eigenvalue weighted by molar-refractivity contribution is 7.17. The third-order valence-electron chi connectivity index (χ3n) is 3.71. The lowest BCUT2D eigenvalue weighted by molar-refractivity contribution is 0.415. The van der Waals surface area contributed by atoms with E-state index in [1.54, 1.807) is 19.2 Å². The first-order valence-electron chi connectivity index (χ1n) is 7.39. The van der Waals surface area contributed by atoms with Gasteiger partial charge in [0.1, 0.15) is 22.1 Å². The molecule has 1 N–H and O–H groups in total. The van der Waals surface area contributed by atoms with Crippen molar-refractivity contribution in [3.8, 4) is 32.6 Å². The van der Waals surface area contributed by atoms with Gasteiger partial charge < -0.3 is 14.3 Å². The van der Waals surface area contributed by atoms with Crippen LogP contribution in [0.15, 0.2) is 57.7 Å². The molecule has 0 amide bonds. The molecular formula is C18H12N2O4S. The number of ether oxygens (including phenoxy) is 1. The van der Waals surface area contributed by atoms with Crippen LogP contribution in [0.1, 0.15) is 0 Å². The van der Waals surface area contributed by atoms with Crippen LogP contribution in [0.2, 0.25) is 0 Å². The summed E-state index contributed by atoms with van der Waals surface area (Å²) in [5, 5.41) is 19.6. The summed E-state index contributed by atoms with van der Waals surface area (Å²) in [5.41, 5.74) is 1.04. The maximum atomic E-state index is 12.2. The Kier molecular flexibility index (Phi) is 3.70. The van der Waals surface area contributed by atoms with Crippen molar-refractivity contribution >= 4 is 22.3 Å². The average Bonchev–Trinajstić information content (AvgIpc) is 3.11. The van der Waals surface area contributed by atoms with Crippen LogP contribution in [0.5, 0.6) is 11.5 Å². The van der Waals surface area contributed by atoms with E-state index in [1.165, 1.54) is 23.5 Å². The predicted octanol–water partition coefficient (Wildman–Crippen LogP) is 3.69. The number of phenolic OH excluding ortho intramolecular Hbond substituents is 1. The molecule has 0 aliphatic carbocycles. The molecule has 0 atom stereocenters. The lowest BCUT2D eigenvalue weighted by atomic mass is 10.2. The number of phenols is 1. The van der Waals surface area contributed by atoms with Crippen LogP contribution in [0, 0.1) is 0 Å². The van der Waals surface area contributed by atoms with Crippen LogP contribution >= 0.6 is 11.3 Å². The molecule has 6 nitrogen and oxygen atoms in total. The van der Waals surface area contributed by atoms with Gasteiger partial charge in [0.05, 0.1) is 12.7 Å². The minimum Gasteiger partial charge on any atom is -0.508 e. The summed E-state index contributed by atoms with van der Waals surface area (Å²) in [4.78, 5) is 12.2. The molecule has 2 heterocycles. The van der Waals surface area contributed by atoms with Crippen LogP contribution in [-0.2, 0) is 0 Å². The highest BCUT2D eigenvalue weighted by Crippen LogP contribution is 2.31. The molecule has 4 rings (SSSR count). The van der Waals surface area contributed by atoms with Gasteiger partial charge in [-0.25, -0.2) is 4.79 Å². The summed E-state index contributed by atoms with van der Waals surface area (Å²) in [5.74, 6) is 0.799. The molecule has 0 aliphatic rings. The van der Waals surface area contributed by atoms with Crippen molar-refractivity contribution in [2.75, 3.05) is 7.11 Å². The standard InChI is InChI=1S/C18H12N2O4S/c1-23-13-6-3-10(4-7-13)16-19-20-17(25-16)14-8-11-2-5-12(21)9-15(11)24-18(14)22/h2-9,21H,1H3. The maximum absolute atomic E-state index is 12.2. The quantitative estimate of drug-likeness (QED) is 0.566. The van der Waals surface area contributed by atoms with Gasteiger partial charge in [-0.05, 0) is 42.5 Å². The Morgan fingerprint density at radius 2 is 1.80 bits per heavy atom. The molecule has 0 spiro atoms. The molecule has 25 heavy (non-hydrogen) atoms. The molecule has 0 aliphatic heterocycles. The number of nitrogens with zero attached hydrogens (tertiary/aromatic N) is 2. The number of methoxy groups -OCH3 is 1. The Balaban J connectivity index is 1.76. The zero-order valence-electron chi connectivity index (χ0n) is 13.1. The number of hydrogen-bond donors (Lipinski definition) is 1. The topological polar surface area (TPSA) is 85.5 Å². The second kappa shape index (κ2) is 6.03. The SMILES string of the molecule is COc1ccc(-c2nnc(-c3cc4ccc(O)cc4oc3=O)s2)cc1. The van der Waals surface area contributed by atoms with Gasteiger partial charge in [-0.1, -0.05) is 11.3 Å². The van der Waals surface area contributed by atoms with E-state index in [-0.39, 0.29) is 5.75 Å². The summed E-state index contributed by atoms with van der Waals surface area (Å²) in [6.07, 6.45) is 0. The van der Waals surface area contributed by atoms with Gasteiger partial charge in [0, 0.05) is 17.0 Å². The molecule has 4 aromatic rings. The van der Waals surface area contributed by atoms with Crippen molar-refractivity contribution in [1.29, 1.82) is 0 Å². The van der Waals surface area contributed by atoms with E-state index in [9.17, 15) is 9.90 Å². The summed E-state index contributed by atoms with van der Waals surface area (Å²) >= 11 is 1.31. The molecular weight excluding hydrogens is 340 g/mol. The number of aromatic nitrogens is 2. The average molecular weight is 352 g/mol. The highest BCUT2D eigenvalue weighted by Gasteiger charge is 2.14. The fourth-order valence-corrected chi connectivity index (χ4v) is 3.28. The lowest BCUT2D eigenvalue weighted by Crippen LogP contribution is -2.02. The molecule has 0 bridgehead atoms. The van der Waals surface area contributed by atoms with Gasteiger partial charge in [0.25, 0.3) is 0 Å². The molecule has 124 valence electrons. The van der Waals surface area contributed by atoms with Crippen molar-refractivity contribution in [3.05, 3.63) is 59.0 Å². The van der Waals surface area contributed by atoms with Crippen molar-refractivity contribution in [1.82, 2.24) is 10.2 Å². The second-order valence-corrected chi connectivity index (χ2v) is 6.29. The molecule has 0 radical (unpaired) electrons. The van der Waals surface area contributed by atoms with Crippen LogP contribution in [-0.4, -0.2) is 22.4 Å². The Bertz CT molecular complexity index is 1120. The van der Waals surface area contributed by atoms with E-state index >= 15 is 0 Å². The summed E-state index contributed by atoms with van der Waals surface area (Å²) in [7, 11) is 1.61. The predicted molar refractivity (Wildman–Crippen MR) is 95.0 cm³/mol. The van der Waals surface area contributed by atoms with Gasteiger partial charge in [-0.15, -0.1) is 10.2 Å². The number of rotatable bonds is 3. The van der Waals surface area contributed by atoms with E-state index < -0.39 is 5.63 Å². The van der Waals surface area contributed by atoms with Crippen LogP contribution < -0.4 is 10.4 Å². The molecule has 0 saturated heterocycles. The van der Waals surface area contributed by atoms with Crippen LogP contribution in [0.25, 0.3) is 32.1 Å².